The molecule has 3 atom stereocenters. The first kappa shape index (κ1) is 28.3. The first-order valence-electron chi connectivity index (χ1n) is 12.7. The van der Waals surface area contributed by atoms with Gasteiger partial charge in [0.1, 0.15) is 17.6 Å². The molecule has 0 aliphatic carbocycles. The lowest BCUT2D eigenvalue weighted by molar-refractivity contribution is 0.0341. The lowest BCUT2D eigenvalue weighted by atomic mass is 9.99. The van der Waals surface area contributed by atoms with E-state index in [1.165, 1.54) is 0 Å². The molecule has 37 heavy (non-hydrogen) atoms. The first-order chi connectivity index (χ1) is 17.6. The van der Waals surface area contributed by atoms with E-state index in [0.717, 1.165) is 17.9 Å². The smallest absolute Gasteiger partial charge is 0.319 e. The van der Waals surface area contributed by atoms with Crippen molar-refractivity contribution in [1.29, 1.82) is 0 Å². The van der Waals surface area contributed by atoms with Crippen LogP contribution in [-0.2, 0) is 6.54 Å². The molecule has 1 heterocycles. The SMILES string of the molecule is COc1ccc(CN(C)C[C@H]2Oc3ccc(NC(=O)NC(C)C)cc3C(=O)N([C@H](C)CO)C[C@@H]2C)cc1. The molecular formula is C28H40N4O5. The van der Waals surface area contributed by atoms with Crippen LogP contribution in [0.15, 0.2) is 42.5 Å². The van der Waals surface area contributed by atoms with Gasteiger partial charge in [0.15, 0.2) is 0 Å². The molecule has 1 aliphatic heterocycles. The molecule has 202 valence electrons. The largest absolute Gasteiger partial charge is 0.497 e. The van der Waals surface area contributed by atoms with Crippen LogP contribution in [0.2, 0.25) is 0 Å². The highest BCUT2D eigenvalue weighted by molar-refractivity contribution is 5.99. The second-order valence-corrected chi connectivity index (χ2v) is 10.1. The van der Waals surface area contributed by atoms with E-state index in [2.05, 4.69) is 22.5 Å². The lowest BCUT2D eigenvalue weighted by Crippen LogP contribution is -2.49. The number of likely N-dealkylation sites (N-methyl/N-ethyl adjacent to an activating group) is 1. The normalized spacial score (nSPS) is 18.5. The highest BCUT2D eigenvalue weighted by atomic mass is 16.5. The van der Waals surface area contributed by atoms with Crippen LogP contribution in [0.1, 0.15) is 43.6 Å². The van der Waals surface area contributed by atoms with Crippen molar-refractivity contribution in [3.8, 4) is 11.5 Å². The highest BCUT2D eigenvalue weighted by Gasteiger charge is 2.33. The van der Waals surface area contributed by atoms with Crippen molar-refractivity contribution >= 4 is 17.6 Å². The molecule has 0 aromatic heterocycles. The second-order valence-electron chi connectivity index (χ2n) is 10.1. The number of hydrogen-bond donors (Lipinski definition) is 3. The lowest BCUT2D eigenvalue weighted by Gasteiger charge is -2.38. The van der Waals surface area contributed by atoms with Gasteiger partial charge in [-0.25, -0.2) is 4.79 Å². The van der Waals surface area contributed by atoms with Gasteiger partial charge < -0.3 is 30.1 Å². The molecule has 9 nitrogen and oxygen atoms in total. The van der Waals surface area contributed by atoms with Crippen molar-refractivity contribution in [3.05, 3.63) is 53.6 Å². The van der Waals surface area contributed by atoms with Crippen LogP contribution in [0.3, 0.4) is 0 Å². The number of nitrogens with zero attached hydrogens (tertiary/aromatic N) is 2. The number of carbonyl (C=O) groups is 2. The average molecular weight is 513 g/mol. The zero-order valence-electron chi connectivity index (χ0n) is 22.7. The summed E-state index contributed by atoms with van der Waals surface area (Å²) in [6.45, 7) is 9.30. The van der Waals surface area contributed by atoms with Crippen LogP contribution < -0.4 is 20.1 Å². The van der Waals surface area contributed by atoms with Crippen molar-refractivity contribution in [2.45, 2.75) is 52.4 Å². The summed E-state index contributed by atoms with van der Waals surface area (Å²) in [6.07, 6.45) is -0.202. The van der Waals surface area contributed by atoms with Gasteiger partial charge in [0.2, 0.25) is 0 Å². The number of ether oxygens (including phenoxy) is 2. The van der Waals surface area contributed by atoms with Gasteiger partial charge in [0.25, 0.3) is 5.91 Å². The van der Waals surface area contributed by atoms with Gasteiger partial charge in [-0.3, -0.25) is 9.69 Å². The summed E-state index contributed by atoms with van der Waals surface area (Å²) in [5.41, 5.74) is 2.01. The summed E-state index contributed by atoms with van der Waals surface area (Å²) in [5.74, 6) is 1.06. The topological polar surface area (TPSA) is 103 Å². The van der Waals surface area contributed by atoms with Gasteiger partial charge in [-0.05, 0) is 63.7 Å². The summed E-state index contributed by atoms with van der Waals surface area (Å²) in [4.78, 5) is 29.7. The molecule has 1 aliphatic rings. The number of urea groups is 1. The fraction of sp³-hybridized carbons (Fsp3) is 0.500. The van der Waals surface area contributed by atoms with Crippen molar-refractivity contribution in [1.82, 2.24) is 15.1 Å². The predicted octanol–water partition coefficient (Wildman–Crippen LogP) is 3.58. The number of aliphatic hydroxyl groups is 1. The number of anilines is 1. The molecule has 9 heteroatoms. The Morgan fingerprint density at radius 1 is 1.22 bits per heavy atom. The predicted molar refractivity (Wildman–Crippen MR) is 144 cm³/mol. The Balaban J connectivity index is 1.85. The quantitative estimate of drug-likeness (QED) is 0.475. The molecule has 3 N–H and O–H groups in total. The van der Waals surface area contributed by atoms with Crippen molar-refractivity contribution in [3.63, 3.8) is 0 Å². The maximum absolute atomic E-state index is 13.6. The van der Waals surface area contributed by atoms with E-state index in [4.69, 9.17) is 9.47 Å². The number of benzene rings is 2. The zero-order chi connectivity index (χ0) is 27.1. The minimum atomic E-state index is -0.362. The number of methoxy groups -OCH3 is 1. The molecule has 0 bridgehead atoms. The van der Waals surface area contributed by atoms with Crippen LogP contribution >= 0.6 is 0 Å². The zero-order valence-corrected chi connectivity index (χ0v) is 22.7. The second kappa shape index (κ2) is 12.8. The van der Waals surface area contributed by atoms with Gasteiger partial charge in [-0.15, -0.1) is 0 Å². The van der Waals surface area contributed by atoms with Crippen molar-refractivity contribution in [2.24, 2.45) is 5.92 Å². The molecule has 0 radical (unpaired) electrons. The monoisotopic (exact) mass is 512 g/mol. The average Bonchev–Trinajstić information content (AvgIpc) is 2.86. The van der Waals surface area contributed by atoms with Crippen molar-refractivity contribution in [2.75, 3.05) is 39.2 Å². The maximum atomic E-state index is 13.6. The van der Waals surface area contributed by atoms with Crippen LogP contribution in [0.5, 0.6) is 11.5 Å². The van der Waals surface area contributed by atoms with Crippen LogP contribution in [0.4, 0.5) is 10.5 Å². The fourth-order valence-electron chi connectivity index (χ4n) is 4.36. The number of hydrogen-bond acceptors (Lipinski definition) is 6. The molecule has 2 aromatic carbocycles. The van der Waals surface area contributed by atoms with E-state index in [1.54, 1.807) is 30.2 Å². The molecule has 0 fully saturated rings. The standard InChI is InChI=1S/C28H40N4O5/c1-18(2)29-28(35)30-22-9-12-25-24(13-22)27(34)32(20(4)17-33)14-19(3)26(37-25)16-31(5)15-21-7-10-23(36-6)11-8-21/h7-13,18-20,26,33H,14-17H2,1-6H3,(H2,29,30,35)/t19-,20+,26+/m0/s1. The molecule has 3 rings (SSSR count). The Labute approximate surface area is 219 Å². The summed E-state index contributed by atoms with van der Waals surface area (Å²) in [7, 11) is 3.69. The Bertz CT molecular complexity index is 1060. The van der Waals surface area contributed by atoms with Crippen LogP contribution in [0.25, 0.3) is 0 Å². The third-order valence-electron chi connectivity index (χ3n) is 6.45. The third-order valence-corrected chi connectivity index (χ3v) is 6.45. The summed E-state index contributed by atoms with van der Waals surface area (Å²) >= 11 is 0. The Hall–Kier alpha value is -3.30. The fourth-order valence-corrected chi connectivity index (χ4v) is 4.36. The number of nitrogens with one attached hydrogen (secondary N) is 2. The molecular weight excluding hydrogens is 472 g/mol. The van der Waals surface area contributed by atoms with E-state index in [1.807, 2.05) is 52.1 Å². The van der Waals surface area contributed by atoms with Gasteiger partial charge in [0, 0.05) is 37.3 Å². The van der Waals surface area contributed by atoms with E-state index in [0.29, 0.717) is 30.1 Å². The third kappa shape index (κ3) is 7.60. The molecule has 3 amide bonds. The summed E-state index contributed by atoms with van der Waals surface area (Å²) in [5, 5.41) is 15.4. The van der Waals surface area contributed by atoms with Crippen molar-refractivity contribution < 1.29 is 24.2 Å². The Kier molecular flexibility index (Phi) is 9.77. The minimum Gasteiger partial charge on any atom is -0.497 e. The van der Waals surface area contributed by atoms with Crippen LogP contribution in [-0.4, -0.2) is 78.9 Å². The molecule has 0 saturated carbocycles. The molecule has 2 aromatic rings. The highest BCUT2D eigenvalue weighted by Crippen LogP contribution is 2.31. The van der Waals surface area contributed by atoms with E-state index < -0.39 is 0 Å². The number of rotatable bonds is 9. The minimum absolute atomic E-state index is 0.0130. The molecule has 0 spiro atoms. The van der Waals surface area contributed by atoms with Crippen LogP contribution in [0, 0.1) is 5.92 Å². The van der Waals surface area contributed by atoms with Gasteiger partial charge >= 0.3 is 6.03 Å². The van der Waals surface area contributed by atoms with Gasteiger partial charge in [0.05, 0.1) is 25.3 Å². The number of amides is 3. The Morgan fingerprint density at radius 3 is 2.54 bits per heavy atom. The number of aliphatic hydroxyl groups excluding tert-OH is 1. The maximum Gasteiger partial charge on any atom is 0.319 e. The summed E-state index contributed by atoms with van der Waals surface area (Å²) < 4.78 is 11.7. The van der Waals surface area contributed by atoms with Gasteiger partial charge in [-0.2, -0.15) is 0 Å². The molecule has 0 saturated heterocycles. The number of carbonyl (C=O) groups excluding carboxylic acids is 2. The van der Waals surface area contributed by atoms with Gasteiger partial charge in [-0.1, -0.05) is 19.1 Å². The first-order valence-corrected chi connectivity index (χ1v) is 12.7. The Morgan fingerprint density at radius 2 is 1.92 bits per heavy atom. The van der Waals surface area contributed by atoms with E-state index >= 15 is 0 Å². The summed E-state index contributed by atoms with van der Waals surface area (Å²) in [6, 6.07) is 12.4. The molecule has 0 unspecified atom stereocenters. The van der Waals surface area contributed by atoms with E-state index in [-0.39, 0.29) is 42.7 Å². The van der Waals surface area contributed by atoms with E-state index in [9.17, 15) is 14.7 Å². The number of fused-ring (bicyclic) bond motifs is 1.